The van der Waals surface area contributed by atoms with Crippen LogP contribution in [0.1, 0.15) is 34.1 Å². The molecule has 5 heteroatoms. The molecule has 114 valence electrons. The van der Waals surface area contributed by atoms with Gasteiger partial charge in [0.15, 0.2) is 5.96 Å². The van der Waals surface area contributed by atoms with Crippen molar-refractivity contribution in [2.24, 2.45) is 16.3 Å². The van der Waals surface area contributed by atoms with Crippen LogP contribution < -0.4 is 5.32 Å². The van der Waals surface area contributed by atoms with Gasteiger partial charge in [-0.2, -0.15) is 0 Å². The highest BCUT2D eigenvalue weighted by Crippen LogP contribution is 2.18. The molecule has 19 heavy (non-hydrogen) atoms. The van der Waals surface area contributed by atoms with E-state index in [0.717, 1.165) is 38.7 Å². The molecule has 0 aromatic heterocycles. The summed E-state index contributed by atoms with van der Waals surface area (Å²) in [4.78, 5) is 7.11. The molecule has 0 amide bonds. The third kappa shape index (κ3) is 7.34. The van der Waals surface area contributed by atoms with Crippen LogP contribution in [0.4, 0.5) is 0 Å². The van der Waals surface area contributed by atoms with Crippen molar-refractivity contribution in [3.05, 3.63) is 0 Å². The molecular weight excluding hydrogens is 353 g/mol. The summed E-state index contributed by atoms with van der Waals surface area (Å²) in [6, 6.07) is 0. The van der Waals surface area contributed by atoms with Crippen LogP contribution in [0.15, 0.2) is 4.99 Å². The second-order valence-corrected chi connectivity index (χ2v) is 6.29. The molecule has 1 atom stereocenters. The molecule has 1 aliphatic rings. The molecule has 0 bridgehead atoms. The van der Waals surface area contributed by atoms with Gasteiger partial charge in [-0.25, -0.2) is 0 Å². The van der Waals surface area contributed by atoms with Crippen molar-refractivity contribution in [1.29, 1.82) is 0 Å². The Bertz CT molecular complexity index is 276. The lowest BCUT2D eigenvalue weighted by Crippen LogP contribution is -2.40. The Morgan fingerprint density at radius 3 is 2.63 bits per heavy atom. The summed E-state index contributed by atoms with van der Waals surface area (Å²) >= 11 is 0. The summed E-state index contributed by atoms with van der Waals surface area (Å²) in [6.45, 7) is 13.6. The van der Waals surface area contributed by atoms with Crippen molar-refractivity contribution in [3.63, 3.8) is 0 Å². The van der Waals surface area contributed by atoms with Crippen LogP contribution in [0.2, 0.25) is 0 Å². The molecular formula is C14H30IN3O. The number of halogens is 1. The summed E-state index contributed by atoms with van der Waals surface area (Å²) < 4.78 is 5.24. The lowest BCUT2D eigenvalue weighted by molar-refractivity contribution is 0.157. The molecule has 1 rings (SSSR count). The molecule has 4 nitrogen and oxygen atoms in total. The fourth-order valence-corrected chi connectivity index (χ4v) is 2.13. The van der Waals surface area contributed by atoms with Crippen LogP contribution in [-0.2, 0) is 4.74 Å². The summed E-state index contributed by atoms with van der Waals surface area (Å²) in [6.07, 6.45) is 1.20. The van der Waals surface area contributed by atoms with Crippen LogP contribution >= 0.6 is 24.0 Å². The number of rotatable bonds is 4. The van der Waals surface area contributed by atoms with Crippen LogP contribution in [0, 0.1) is 11.3 Å². The van der Waals surface area contributed by atoms with E-state index >= 15 is 0 Å². The minimum absolute atomic E-state index is 0. The molecule has 0 aliphatic carbocycles. The van der Waals surface area contributed by atoms with E-state index in [9.17, 15) is 0 Å². The summed E-state index contributed by atoms with van der Waals surface area (Å²) in [5.41, 5.74) is 0.242. The fourth-order valence-electron chi connectivity index (χ4n) is 2.13. The van der Waals surface area contributed by atoms with Gasteiger partial charge in [-0.1, -0.05) is 20.8 Å². The van der Waals surface area contributed by atoms with Gasteiger partial charge in [0.05, 0.1) is 6.61 Å². The van der Waals surface area contributed by atoms with Crippen LogP contribution in [0.5, 0.6) is 0 Å². The van der Waals surface area contributed by atoms with Gasteiger partial charge in [0.25, 0.3) is 0 Å². The lowest BCUT2D eigenvalue weighted by Gasteiger charge is -2.23. The highest BCUT2D eigenvalue weighted by atomic mass is 127. The Hall–Kier alpha value is -0.0400. The number of hydrogen-bond donors (Lipinski definition) is 1. The molecule has 0 aromatic carbocycles. The van der Waals surface area contributed by atoms with E-state index in [1.54, 1.807) is 7.11 Å². The molecule has 1 fully saturated rings. The summed E-state index contributed by atoms with van der Waals surface area (Å²) in [5, 5.41) is 3.39. The van der Waals surface area contributed by atoms with Gasteiger partial charge in [-0.15, -0.1) is 24.0 Å². The van der Waals surface area contributed by atoms with Crippen LogP contribution in [0.25, 0.3) is 0 Å². The normalized spacial score (nSPS) is 20.4. The Morgan fingerprint density at radius 1 is 1.42 bits per heavy atom. The molecule has 0 radical (unpaired) electrons. The number of ether oxygens (including phenoxy) is 1. The molecule has 0 saturated carbocycles. The van der Waals surface area contributed by atoms with Gasteiger partial charge in [0.2, 0.25) is 0 Å². The van der Waals surface area contributed by atoms with E-state index in [1.807, 2.05) is 0 Å². The number of aliphatic imine (C=N–C) groups is 1. The van der Waals surface area contributed by atoms with Crippen LogP contribution in [-0.4, -0.2) is 50.8 Å². The van der Waals surface area contributed by atoms with E-state index in [2.05, 4.69) is 37.9 Å². The number of likely N-dealkylation sites (tertiary alicyclic amines) is 1. The molecule has 0 aromatic rings. The minimum Gasteiger partial charge on any atom is -0.384 e. The zero-order chi connectivity index (χ0) is 13.6. The van der Waals surface area contributed by atoms with Gasteiger partial charge in [-0.3, -0.25) is 4.99 Å². The smallest absolute Gasteiger partial charge is 0.193 e. The number of nitrogens with zero attached hydrogens (tertiary/aromatic N) is 2. The third-order valence-electron chi connectivity index (χ3n) is 3.03. The number of hydrogen-bond acceptors (Lipinski definition) is 2. The molecule has 0 spiro atoms. The SMILES string of the molecule is CCNC(=NCC(C)(C)C)N1CCC(COC)C1.I. The van der Waals surface area contributed by atoms with E-state index < -0.39 is 0 Å². The van der Waals surface area contributed by atoms with Crippen molar-refractivity contribution >= 4 is 29.9 Å². The predicted molar refractivity (Wildman–Crippen MR) is 92.4 cm³/mol. The number of nitrogens with one attached hydrogen (secondary N) is 1. The van der Waals surface area contributed by atoms with Gasteiger partial charge < -0.3 is 15.0 Å². The fraction of sp³-hybridized carbons (Fsp3) is 0.929. The van der Waals surface area contributed by atoms with E-state index in [4.69, 9.17) is 9.73 Å². The maximum atomic E-state index is 5.24. The maximum absolute atomic E-state index is 5.24. The van der Waals surface area contributed by atoms with Crippen molar-refractivity contribution < 1.29 is 4.74 Å². The maximum Gasteiger partial charge on any atom is 0.193 e. The monoisotopic (exact) mass is 383 g/mol. The van der Waals surface area contributed by atoms with E-state index in [1.165, 1.54) is 6.42 Å². The largest absolute Gasteiger partial charge is 0.384 e. The first-order valence-electron chi connectivity index (χ1n) is 6.98. The van der Waals surface area contributed by atoms with Gasteiger partial charge >= 0.3 is 0 Å². The molecule has 1 aliphatic heterocycles. The van der Waals surface area contributed by atoms with Crippen molar-refractivity contribution in [1.82, 2.24) is 10.2 Å². The summed E-state index contributed by atoms with van der Waals surface area (Å²) in [5.74, 6) is 1.71. The standard InChI is InChI=1S/C14H29N3O.HI/c1-6-15-13(16-11-14(2,3)4)17-8-7-12(9-17)10-18-5;/h12H,6-11H2,1-5H3,(H,15,16);1H. The van der Waals surface area contributed by atoms with Crippen molar-refractivity contribution in [3.8, 4) is 0 Å². The lowest BCUT2D eigenvalue weighted by atomic mass is 9.97. The molecule has 1 unspecified atom stereocenters. The molecule has 1 heterocycles. The van der Waals surface area contributed by atoms with E-state index in [-0.39, 0.29) is 29.4 Å². The topological polar surface area (TPSA) is 36.9 Å². The second kappa shape index (κ2) is 9.00. The van der Waals surface area contributed by atoms with Gasteiger partial charge in [0, 0.05) is 39.2 Å². The zero-order valence-corrected chi connectivity index (χ0v) is 15.4. The predicted octanol–water partition coefficient (Wildman–Crippen LogP) is 2.58. The molecule has 1 N–H and O–H groups in total. The quantitative estimate of drug-likeness (QED) is 0.461. The van der Waals surface area contributed by atoms with Crippen molar-refractivity contribution in [2.45, 2.75) is 34.1 Å². The Morgan fingerprint density at radius 2 is 2.11 bits per heavy atom. The number of guanidine groups is 1. The average Bonchev–Trinajstić information content (AvgIpc) is 2.72. The highest BCUT2D eigenvalue weighted by Gasteiger charge is 2.25. The summed E-state index contributed by atoms with van der Waals surface area (Å²) in [7, 11) is 1.78. The number of methoxy groups -OCH3 is 1. The Kier molecular flexibility index (Phi) is 8.98. The molecule has 1 saturated heterocycles. The van der Waals surface area contributed by atoms with Crippen LogP contribution in [0.3, 0.4) is 0 Å². The minimum atomic E-state index is 0. The highest BCUT2D eigenvalue weighted by molar-refractivity contribution is 14.0. The van der Waals surface area contributed by atoms with Crippen molar-refractivity contribution in [2.75, 3.05) is 39.9 Å². The first kappa shape index (κ1) is 19.0. The van der Waals surface area contributed by atoms with E-state index in [0.29, 0.717) is 5.92 Å². The second-order valence-electron chi connectivity index (χ2n) is 6.29. The zero-order valence-electron chi connectivity index (χ0n) is 13.0. The van der Waals surface area contributed by atoms with Gasteiger partial charge in [-0.05, 0) is 18.8 Å². The Balaban J connectivity index is 0.00000324. The first-order valence-corrected chi connectivity index (χ1v) is 6.98. The van der Waals surface area contributed by atoms with Gasteiger partial charge in [0.1, 0.15) is 0 Å². The Labute approximate surface area is 135 Å². The third-order valence-corrected chi connectivity index (χ3v) is 3.03. The average molecular weight is 383 g/mol. The first-order chi connectivity index (χ1) is 8.46.